The number of hydrogen-bond donors (Lipinski definition) is 0. The van der Waals surface area contributed by atoms with Gasteiger partial charge in [-0.05, 0) is 17.7 Å². The fourth-order valence-corrected chi connectivity index (χ4v) is 3.07. The molecule has 0 amide bonds. The number of hydrogen-bond acceptors (Lipinski definition) is 4. The van der Waals surface area contributed by atoms with Crippen LogP contribution in [0.15, 0.2) is 54.6 Å². The SMILES string of the molecule is ClC[C@@H](COCc1ccccc1)Oc1nc2ccccc2s1. The van der Waals surface area contributed by atoms with Crippen LogP contribution < -0.4 is 4.74 Å². The summed E-state index contributed by atoms with van der Waals surface area (Å²) in [5, 5.41) is 0.634. The second-order valence-electron chi connectivity index (χ2n) is 4.84. The van der Waals surface area contributed by atoms with Crippen molar-refractivity contribution in [3.8, 4) is 5.19 Å². The predicted molar refractivity (Wildman–Crippen MR) is 90.9 cm³/mol. The Morgan fingerprint density at radius 3 is 2.59 bits per heavy atom. The third kappa shape index (κ3) is 3.97. The molecule has 0 radical (unpaired) electrons. The van der Waals surface area contributed by atoms with E-state index in [1.54, 1.807) is 0 Å². The summed E-state index contributed by atoms with van der Waals surface area (Å²) in [6, 6.07) is 18.0. The summed E-state index contributed by atoms with van der Waals surface area (Å²) in [7, 11) is 0. The average molecular weight is 334 g/mol. The third-order valence-corrected chi connectivity index (χ3v) is 4.40. The van der Waals surface area contributed by atoms with Crippen LogP contribution in [0.2, 0.25) is 0 Å². The number of thiazole rings is 1. The highest BCUT2D eigenvalue weighted by atomic mass is 35.5. The van der Waals surface area contributed by atoms with E-state index in [1.807, 2.05) is 54.6 Å². The Morgan fingerprint density at radius 2 is 1.82 bits per heavy atom. The van der Waals surface area contributed by atoms with Gasteiger partial charge in [0.1, 0.15) is 6.10 Å². The van der Waals surface area contributed by atoms with Crippen molar-refractivity contribution < 1.29 is 9.47 Å². The minimum Gasteiger partial charge on any atom is -0.463 e. The van der Waals surface area contributed by atoms with Crippen LogP contribution in [0, 0.1) is 0 Å². The largest absolute Gasteiger partial charge is 0.463 e. The summed E-state index contributed by atoms with van der Waals surface area (Å²) >= 11 is 7.49. The number of rotatable bonds is 7. The molecule has 0 N–H and O–H groups in total. The first kappa shape index (κ1) is 15.3. The van der Waals surface area contributed by atoms with Gasteiger partial charge in [0.25, 0.3) is 5.19 Å². The molecule has 1 heterocycles. The number of para-hydroxylation sites is 1. The Kier molecular flexibility index (Phi) is 5.27. The molecule has 1 aromatic heterocycles. The van der Waals surface area contributed by atoms with Crippen molar-refractivity contribution in [1.29, 1.82) is 0 Å². The van der Waals surface area contributed by atoms with Gasteiger partial charge in [-0.25, -0.2) is 4.98 Å². The maximum absolute atomic E-state index is 5.97. The normalized spacial score (nSPS) is 12.4. The van der Waals surface area contributed by atoms with E-state index in [4.69, 9.17) is 21.1 Å². The number of fused-ring (bicyclic) bond motifs is 1. The van der Waals surface area contributed by atoms with Crippen LogP contribution in [-0.4, -0.2) is 23.6 Å². The number of nitrogens with zero attached hydrogens (tertiary/aromatic N) is 1. The Balaban J connectivity index is 1.55. The maximum Gasteiger partial charge on any atom is 0.274 e. The van der Waals surface area contributed by atoms with Gasteiger partial charge >= 0.3 is 0 Å². The number of benzene rings is 2. The molecule has 0 spiro atoms. The molecule has 3 rings (SSSR count). The zero-order chi connectivity index (χ0) is 15.2. The van der Waals surface area contributed by atoms with Gasteiger partial charge in [0.15, 0.2) is 0 Å². The summed E-state index contributed by atoms with van der Waals surface area (Å²) in [5.41, 5.74) is 2.08. The number of halogens is 1. The van der Waals surface area contributed by atoms with Crippen LogP contribution in [0.1, 0.15) is 5.56 Å². The summed E-state index contributed by atoms with van der Waals surface area (Å²) in [4.78, 5) is 4.45. The van der Waals surface area contributed by atoms with Gasteiger partial charge in [-0.15, -0.1) is 11.6 Å². The zero-order valence-corrected chi connectivity index (χ0v) is 13.5. The first-order valence-electron chi connectivity index (χ1n) is 7.05. The highest BCUT2D eigenvalue weighted by molar-refractivity contribution is 7.20. The fourth-order valence-electron chi connectivity index (χ4n) is 2.04. The van der Waals surface area contributed by atoms with E-state index in [1.165, 1.54) is 11.3 Å². The molecule has 114 valence electrons. The fraction of sp³-hybridized carbons (Fsp3) is 0.235. The number of aromatic nitrogens is 1. The molecule has 0 unspecified atom stereocenters. The summed E-state index contributed by atoms with van der Waals surface area (Å²) in [6.45, 7) is 0.992. The molecular weight excluding hydrogens is 318 g/mol. The molecule has 0 saturated carbocycles. The molecule has 0 aliphatic heterocycles. The number of alkyl halides is 1. The lowest BCUT2D eigenvalue weighted by Crippen LogP contribution is -2.24. The van der Waals surface area contributed by atoms with Crippen LogP contribution in [0.3, 0.4) is 0 Å². The van der Waals surface area contributed by atoms with E-state index in [2.05, 4.69) is 4.98 Å². The van der Waals surface area contributed by atoms with E-state index in [9.17, 15) is 0 Å². The van der Waals surface area contributed by atoms with Crippen molar-refractivity contribution in [1.82, 2.24) is 4.98 Å². The molecule has 1 atom stereocenters. The van der Waals surface area contributed by atoms with Crippen LogP contribution in [-0.2, 0) is 11.3 Å². The lowest BCUT2D eigenvalue weighted by atomic mass is 10.2. The smallest absolute Gasteiger partial charge is 0.274 e. The first-order valence-corrected chi connectivity index (χ1v) is 8.40. The Bertz CT molecular complexity index is 684. The third-order valence-electron chi connectivity index (χ3n) is 3.13. The topological polar surface area (TPSA) is 31.4 Å². The van der Waals surface area contributed by atoms with Gasteiger partial charge in [-0.1, -0.05) is 53.8 Å². The lowest BCUT2D eigenvalue weighted by molar-refractivity contribution is 0.0507. The minimum atomic E-state index is -0.203. The van der Waals surface area contributed by atoms with Crippen molar-refractivity contribution in [3.63, 3.8) is 0 Å². The van der Waals surface area contributed by atoms with Crippen LogP contribution >= 0.6 is 22.9 Å². The molecule has 22 heavy (non-hydrogen) atoms. The highest BCUT2D eigenvalue weighted by Crippen LogP contribution is 2.28. The van der Waals surface area contributed by atoms with E-state index >= 15 is 0 Å². The van der Waals surface area contributed by atoms with Gasteiger partial charge < -0.3 is 9.47 Å². The van der Waals surface area contributed by atoms with Crippen LogP contribution in [0.4, 0.5) is 0 Å². The first-order chi connectivity index (χ1) is 10.8. The molecule has 5 heteroatoms. The zero-order valence-electron chi connectivity index (χ0n) is 11.9. The van der Waals surface area contributed by atoms with Crippen molar-refractivity contribution in [2.45, 2.75) is 12.7 Å². The summed E-state index contributed by atoms with van der Waals surface area (Å²) in [5.74, 6) is 0.366. The highest BCUT2D eigenvalue weighted by Gasteiger charge is 2.13. The minimum absolute atomic E-state index is 0.203. The van der Waals surface area contributed by atoms with Gasteiger partial charge in [-0.2, -0.15) is 0 Å². The van der Waals surface area contributed by atoms with E-state index < -0.39 is 0 Å². The second-order valence-corrected chi connectivity index (χ2v) is 6.14. The molecular formula is C17H16ClNO2S. The standard InChI is InChI=1S/C17H16ClNO2S/c18-10-14(12-20-11-13-6-2-1-3-7-13)21-17-19-15-8-4-5-9-16(15)22-17/h1-9,14H,10-12H2/t14-/m0/s1. The monoisotopic (exact) mass is 333 g/mol. The maximum atomic E-state index is 5.97. The quantitative estimate of drug-likeness (QED) is 0.596. The van der Waals surface area contributed by atoms with Crippen molar-refractivity contribution in [2.75, 3.05) is 12.5 Å². The summed E-state index contributed by atoms with van der Waals surface area (Å²) in [6.07, 6.45) is -0.203. The molecule has 0 fully saturated rings. The molecule has 3 aromatic rings. The molecule has 3 nitrogen and oxygen atoms in total. The van der Waals surface area contributed by atoms with E-state index in [0.717, 1.165) is 15.8 Å². The number of ether oxygens (including phenoxy) is 2. The predicted octanol–water partition coefficient (Wildman–Crippen LogP) is 4.50. The van der Waals surface area contributed by atoms with Crippen molar-refractivity contribution in [3.05, 3.63) is 60.2 Å². The van der Waals surface area contributed by atoms with Crippen molar-refractivity contribution >= 4 is 33.2 Å². The summed E-state index contributed by atoms with van der Waals surface area (Å²) < 4.78 is 12.6. The van der Waals surface area contributed by atoms with Crippen LogP contribution in [0.25, 0.3) is 10.2 Å². The van der Waals surface area contributed by atoms with Gasteiger partial charge in [0.05, 0.1) is 29.3 Å². The van der Waals surface area contributed by atoms with Crippen molar-refractivity contribution in [2.24, 2.45) is 0 Å². The Labute approximate surface area is 138 Å². The molecule has 0 bridgehead atoms. The lowest BCUT2D eigenvalue weighted by Gasteiger charge is -2.14. The van der Waals surface area contributed by atoms with Gasteiger partial charge in [-0.3, -0.25) is 0 Å². The Hall–Kier alpha value is -1.62. The average Bonchev–Trinajstić information content (AvgIpc) is 2.97. The molecule has 0 aliphatic rings. The van der Waals surface area contributed by atoms with E-state index in [-0.39, 0.29) is 6.10 Å². The second kappa shape index (κ2) is 7.58. The van der Waals surface area contributed by atoms with Crippen LogP contribution in [0.5, 0.6) is 5.19 Å². The van der Waals surface area contributed by atoms with Gasteiger partial charge in [0, 0.05) is 0 Å². The molecule has 0 saturated heterocycles. The van der Waals surface area contributed by atoms with Gasteiger partial charge in [0.2, 0.25) is 0 Å². The molecule has 0 aliphatic carbocycles. The molecule has 2 aromatic carbocycles. The van der Waals surface area contributed by atoms with E-state index in [0.29, 0.717) is 24.3 Å². The Morgan fingerprint density at radius 1 is 1.05 bits per heavy atom.